The van der Waals surface area contributed by atoms with E-state index >= 15 is 0 Å². The molecule has 0 aromatic rings. The summed E-state index contributed by atoms with van der Waals surface area (Å²) in [5.74, 6) is -0.878. The van der Waals surface area contributed by atoms with Gasteiger partial charge in [0.05, 0.1) is 0 Å². The van der Waals surface area contributed by atoms with Crippen LogP contribution in [0.15, 0.2) is 0 Å². The summed E-state index contributed by atoms with van der Waals surface area (Å²) in [6, 6.07) is 0. The number of carbonyl (C=O) groups is 2. The Kier molecular flexibility index (Phi) is 1.50. The van der Waals surface area contributed by atoms with Crippen LogP contribution in [0.5, 0.6) is 0 Å². The van der Waals surface area contributed by atoms with Gasteiger partial charge in [0.15, 0.2) is 0 Å². The summed E-state index contributed by atoms with van der Waals surface area (Å²) < 4.78 is 0. The summed E-state index contributed by atoms with van der Waals surface area (Å²) in [6.07, 6.45) is 1.89. The number of carboxylic acids is 1. The first-order valence-corrected chi connectivity index (χ1v) is 3.37. The maximum atomic E-state index is 10.5. The lowest BCUT2D eigenvalue weighted by Gasteiger charge is -1.99. The molecule has 0 amide bonds. The van der Waals surface area contributed by atoms with E-state index in [1.807, 2.05) is 6.92 Å². The fraction of sp³-hybridized carbons (Fsp3) is 0.714. The molecule has 3 nitrogen and oxygen atoms in total. The van der Waals surface area contributed by atoms with Crippen molar-refractivity contribution in [1.29, 1.82) is 0 Å². The SMILES string of the molecule is CCC1CC1(C=O)C(=O)O. The van der Waals surface area contributed by atoms with E-state index in [1.54, 1.807) is 0 Å². The van der Waals surface area contributed by atoms with Crippen molar-refractivity contribution in [2.45, 2.75) is 19.8 Å². The van der Waals surface area contributed by atoms with Crippen molar-refractivity contribution in [3.05, 3.63) is 0 Å². The Morgan fingerprint density at radius 1 is 1.90 bits per heavy atom. The second-order valence-corrected chi connectivity index (χ2v) is 2.77. The van der Waals surface area contributed by atoms with Gasteiger partial charge in [0, 0.05) is 0 Å². The van der Waals surface area contributed by atoms with E-state index in [-0.39, 0.29) is 5.92 Å². The summed E-state index contributed by atoms with van der Waals surface area (Å²) in [7, 11) is 0. The Bertz CT molecular complexity index is 176. The van der Waals surface area contributed by atoms with E-state index in [4.69, 9.17) is 5.11 Å². The average molecular weight is 142 g/mol. The summed E-state index contributed by atoms with van der Waals surface area (Å²) >= 11 is 0. The lowest BCUT2D eigenvalue weighted by Crippen LogP contribution is -2.18. The maximum absolute atomic E-state index is 10.5. The quantitative estimate of drug-likeness (QED) is 0.465. The minimum absolute atomic E-state index is 0.0856. The Balaban J connectivity index is 2.67. The summed E-state index contributed by atoms with van der Waals surface area (Å²) in [6.45, 7) is 1.90. The zero-order valence-electron chi connectivity index (χ0n) is 5.83. The van der Waals surface area contributed by atoms with Gasteiger partial charge in [-0.1, -0.05) is 13.3 Å². The number of aliphatic carboxylic acids is 1. The molecule has 1 fully saturated rings. The van der Waals surface area contributed by atoms with Gasteiger partial charge in [-0.05, 0) is 12.3 Å². The molecular formula is C7H10O3. The van der Waals surface area contributed by atoms with Crippen molar-refractivity contribution in [2.24, 2.45) is 11.3 Å². The zero-order valence-corrected chi connectivity index (χ0v) is 5.83. The van der Waals surface area contributed by atoms with Gasteiger partial charge in [-0.3, -0.25) is 4.79 Å². The van der Waals surface area contributed by atoms with E-state index in [0.717, 1.165) is 6.42 Å². The molecule has 1 N–H and O–H groups in total. The van der Waals surface area contributed by atoms with Crippen LogP contribution in [0.25, 0.3) is 0 Å². The molecule has 0 aliphatic heterocycles. The summed E-state index contributed by atoms with van der Waals surface area (Å²) in [4.78, 5) is 20.8. The maximum Gasteiger partial charge on any atom is 0.317 e. The van der Waals surface area contributed by atoms with Crippen LogP contribution >= 0.6 is 0 Å². The normalized spacial score (nSPS) is 37.1. The number of hydrogen-bond donors (Lipinski definition) is 1. The first kappa shape index (κ1) is 7.25. The van der Waals surface area contributed by atoms with Gasteiger partial charge < -0.3 is 9.90 Å². The van der Waals surface area contributed by atoms with Crippen molar-refractivity contribution >= 4 is 12.3 Å². The standard InChI is InChI=1S/C7H10O3/c1-2-5-3-7(5,4-8)6(9)10/h4-5H,2-3H2,1H3,(H,9,10). The molecule has 0 heterocycles. The molecule has 0 saturated heterocycles. The molecule has 10 heavy (non-hydrogen) atoms. The highest BCUT2D eigenvalue weighted by molar-refractivity contribution is 5.96. The van der Waals surface area contributed by atoms with Crippen molar-refractivity contribution < 1.29 is 14.7 Å². The molecule has 0 spiro atoms. The van der Waals surface area contributed by atoms with Gasteiger partial charge in [0.25, 0.3) is 0 Å². The van der Waals surface area contributed by atoms with Gasteiger partial charge >= 0.3 is 5.97 Å². The largest absolute Gasteiger partial charge is 0.480 e. The number of rotatable bonds is 3. The number of carbonyl (C=O) groups excluding carboxylic acids is 1. The van der Waals surface area contributed by atoms with E-state index in [1.165, 1.54) is 0 Å². The lowest BCUT2D eigenvalue weighted by atomic mass is 10.1. The number of hydrogen-bond acceptors (Lipinski definition) is 2. The Morgan fingerprint density at radius 2 is 2.50 bits per heavy atom. The van der Waals surface area contributed by atoms with Gasteiger partial charge in [-0.25, -0.2) is 0 Å². The molecular weight excluding hydrogens is 132 g/mol. The van der Waals surface area contributed by atoms with Crippen LogP contribution in [0.1, 0.15) is 19.8 Å². The fourth-order valence-corrected chi connectivity index (χ4v) is 1.31. The van der Waals surface area contributed by atoms with E-state index in [2.05, 4.69) is 0 Å². The van der Waals surface area contributed by atoms with Crippen LogP contribution in [0, 0.1) is 11.3 Å². The van der Waals surface area contributed by atoms with E-state index < -0.39 is 11.4 Å². The van der Waals surface area contributed by atoms with E-state index in [0.29, 0.717) is 12.7 Å². The van der Waals surface area contributed by atoms with Crippen molar-refractivity contribution in [3.8, 4) is 0 Å². The van der Waals surface area contributed by atoms with Crippen molar-refractivity contribution in [3.63, 3.8) is 0 Å². The lowest BCUT2D eigenvalue weighted by molar-refractivity contribution is -0.145. The zero-order chi connectivity index (χ0) is 7.78. The Morgan fingerprint density at radius 3 is 2.60 bits per heavy atom. The van der Waals surface area contributed by atoms with Gasteiger partial charge in [0.2, 0.25) is 0 Å². The second-order valence-electron chi connectivity index (χ2n) is 2.77. The molecule has 1 rings (SSSR count). The molecule has 1 aliphatic rings. The second kappa shape index (κ2) is 2.08. The van der Waals surface area contributed by atoms with Crippen LogP contribution in [0.3, 0.4) is 0 Å². The predicted octanol–water partition coefficient (Wildman–Crippen LogP) is 0.686. The van der Waals surface area contributed by atoms with E-state index in [9.17, 15) is 9.59 Å². The topological polar surface area (TPSA) is 54.4 Å². The molecule has 0 aromatic heterocycles. The third kappa shape index (κ3) is 0.735. The van der Waals surface area contributed by atoms with Crippen LogP contribution in [-0.2, 0) is 9.59 Å². The molecule has 3 heteroatoms. The minimum atomic E-state index is -1.01. The number of aldehydes is 1. The molecule has 2 atom stereocenters. The van der Waals surface area contributed by atoms with Crippen molar-refractivity contribution in [2.75, 3.05) is 0 Å². The molecule has 1 aliphatic carbocycles. The Hall–Kier alpha value is -0.860. The Labute approximate surface area is 59.0 Å². The fourth-order valence-electron chi connectivity index (χ4n) is 1.31. The molecule has 0 bridgehead atoms. The molecule has 0 radical (unpaired) electrons. The van der Waals surface area contributed by atoms with Crippen LogP contribution in [-0.4, -0.2) is 17.4 Å². The third-order valence-corrected chi connectivity index (χ3v) is 2.25. The van der Waals surface area contributed by atoms with Crippen LogP contribution in [0.4, 0.5) is 0 Å². The summed E-state index contributed by atoms with van der Waals surface area (Å²) in [5, 5.41) is 8.57. The highest BCUT2D eigenvalue weighted by Crippen LogP contribution is 2.52. The predicted molar refractivity (Wildman–Crippen MR) is 34.5 cm³/mol. The van der Waals surface area contributed by atoms with Gasteiger partial charge in [0.1, 0.15) is 11.7 Å². The first-order valence-electron chi connectivity index (χ1n) is 3.37. The summed E-state index contributed by atoms with van der Waals surface area (Å²) in [5.41, 5.74) is -1.01. The molecule has 2 unspecified atom stereocenters. The smallest absolute Gasteiger partial charge is 0.317 e. The van der Waals surface area contributed by atoms with Crippen molar-refractivity contribution in [1.82, 2.24) is 0 Å². The highest BCUT2D eigenvalue weighted by atomic mass is 16.4. The third-order valence-electron chi connectivity index (χ3n) is 2.25. The first-order chi connectivity index (χ1) is 4.67. The minimum Gasteiger partial charge on any atom is -0.480 e. The monoisotopic (exact) mass is 142 g/mol. The van der Waals surface area contributed by atoms with Gasteiger partial charge in [-0.15, -0.1) is 0 Å². The van der Waals surface area contributed by atoms with Crippen LogP contribution < -0.4 is 0 Å². The average Bonchev–Trinajstić information content (AvgIpc) is 2.62. The molecule has 0 aromatic carbocycles. The number of carboxylic acid groups (broad SMARTS) is 1. The molecule has 56 valence electrons. The van der Waals surface area contributed by atoms with Gasteiger partial charge in [-0.2, -0.15) is 0 Å². The molecule has 1 saturated carbocycles. The van der Waals surface area contributed by atoms with Crippen LogP contribution in [0.2, 0.25) is 0 Å². The highest BCUT2D eigenvalue weighted by Gasteiger charge is 2.59.